The van der Waals surface area contributed by atoms with Gasteiger partial charge in [0, 0.05) is 13.0 Å². The number of aliphatic hydroxyl groups is 1. The maximum atomic E-state index is 11.6. The molecular formula is C13H18O4. The average Bonchev–Trinajstić information content (AvgIpc) is 2.32. The van der Waals surface area contributed by atoms with Gasteiger partial charge in [-0.2, -0.15) is 0 Å². The lowest BCUT2D eigenvalue weighted by Crippen LogP contribution is -2.08. The van der Waals surface area contributed by atoms with Crippen LogP contribution in [0.2, 0.25) is 0 Å². The van der Waals surface area contributed by atoms with Crippen LogP contribution in [-0.4, -0.2) is 30.9 Å². The van der Waals surface area contributed by atoms with E-state index in [0.717, 1.165) is 11.3 Å². The third-order valence-electron chi connectivity index (χ3n) is 2.25. The molecule has 0 amide bonds. The van der Waals surface area contributed by atoms with Crippen LogP contribution in [-0.2, 0) is 4.74 Å². The zero-order valence-corrected chi connectivity index (χ0v) is 10.2. The van der Waals surface area contributed by atoms with Gasteiger partial charge in [-0.25, -0.2) is 4.79 Å². The highest BCUT2D eigenvalue weighted by Crippen LogP contribution is 2.19. The van der Waals surface area contributed by atoms with Crippen molar-refractivity contribution < 1.29 is 19.4 Å². The summed E-state index contributed by atoms with van der Waals surface area (Å²) in [6.07, 6.45) is 0.460. The van der Waals surface area contributed by atoms with Crippen LogP contribution in [0.4, 0.5) is 0 Å². The van der Waals surface area contributed by atoms with Gasteiger partial charge in [0.1, 0.15) is 5.75 Å². The van der Waals surface area contributed by atoms with Crippen LogP contribution in [0.25, 0.3) is 0 Å². The number of rotatable bonds is 6. The van der Waals surface area contributed by atoms with Crippen molar-refractivity contribution in [1.82, 2.24) is 0 Å². The van der Waals surface area contributed by atoms with E-state index in [1.807, 2.05) is 13.8 Å². The molecule has 0 bridgehead atoms. The summed E-state index contributed by atoms with van der Waals surface area (Å²) < 4.78 is 10.4. The van der Waals surface area contributed by atoms with Gasteiger partial charge < -0.3 is 14.6 Å². The molecule has 0 aliphatic heterocycles. The molecule has 94 valence electrons. The number of aryl methyl sites for hydroxylation is 1. The van der Waals surface area contributed by atoms with Crippen molar-refractivity contribution in [3.63, 3.8) is 0 Å². The number of hydrogen-bond donors (Lipinski definition) is 1. The zero-order valence-electron chi connectivity index (χ0n) is 10.2. The van der Waals surface area contributed by atoms with Gasteiger partial charge in [0.05, 0.1) is 18.8 Å². The summed E-state index contributed by atoms with van der Waals surface area (Å²) in [6.45, 7) is 4.66. The highest BCUT2D eigenvalue weighted by molar-refractivity contribution is 5.89. The predicted octanol–water partition coefficient (Wildman–Crippen LogP) is 1.93. The van der Waals surface area contributed by atoms with Crippen molar-refractivity contribution in [2.24, 2.45) is 0 Å². The van der Waals surface area contributed by atoms with Crippen molar-refractivity contribution in [2.45, 2.75) is 20.3 Å². The van der Waals surface area contributed by atoms with Gasteiger partial charge in [-0.1, -0.05) is 0 Å². The Morgan fingerprint density at radius 3 is 2.76 bits per heavy atom. The smallest absolute Gasteiger partial charge is 0.338 e. The summed E-state index contributed by atoms with van der Waals surface area (Å²) in [4.78, 5) is 11.6. The van der Waals surface area contributed by atoms with E-state index >= 15 is 0 Å². The number of aliphatic hydroxyl groups excluding tert-OH is 1. The Kier molecular flexibility index (Phi) is 5.49. The monoisotopic (exact) mass is 238 g/mol. The molecule has 1 aromatic carbocycles. The molecule has 0 aromatic heterocycles. The molecule has 0 radical (unpaired) electrons. The molecule has 1 N–H and O–H groups in total. The number of benzene rings is 1. The van der Waals surface area contributed by atoms with Crippen molar-refractivity contribution in [3.05, 3.63) is 29.3 Å². The molecule has 0 heterocycles. The lowest BCUT2D eigenvalue weighted by atomic mass is 10.1. The van der Waals surface area contributed by atoms with E-state index in [1.165, 1.54) is 0 Å². The largest absolute Gasteiger partial charge is 0.494 e. The third kappa shape index (κ3) is 4.07. The standard InChI is InChI=1S/C13H18O4/c1-3-16-12-6-5-11(9-10(12)2)13(15)17-8-4-7-14/h5-6,9,14H,3-4,7-8H2,1-2H3. The molecule has 4 nitrogen and oxygen atoms in total. The second-order valence-corrected chi connectivity index (χ2v) is 3.63. The van der Waals surface area contributed by atoms with Crippen molar-refractivity contribution in [1.29, 1.82) is 0 Å². The first-order valence-corrected chi connectivity index (χ1v) is 5.70. The quantitative estimate of drug-likeness (QED) is 0.607. The molecule has 0 unspecified atom stereocenters. The molecule has 0 aliphatic rings. The molecule has 17 heavy (non-hydrogen) atoms. The molecule has 0 atom stereocenters. The Bertz CT molecular complexity index is 374. The number of esters is 1. The first-order valence-electron chi connectivity index (χ1n) is 5.70. The zero-order chi connectivity index (χ0) is 12.7. The summed E-state index contributed by atoms with van der Waals surface area (Å²) in [5, 5.41) is 8.58. The Labute approximate surface area is 101 Å². The summed E-state index contributed by atoms with van der Waals surface area (Å²) in [6, 6.07) is 5.19. The predicted molar refractivity (Wildman–Crippen MR) is 64.3 cm³/mol. The van der Waals surface area contributed by atoms with Gasteiger partial charge in [-0.05, 0) is 37.6 Å². The fraction of sp³-hybridized carbons (Fsp3) is 0.462. The van der Waals surface area contributed by atoms with E-state index in [1.54, 1.807) is 18.2 Å². The number of carbonyl (C=O) groups excluding carboxylic acids is 1. The van der Waals surface area contributed by atoms with Gasteiger partial charge in [-0.15, -0.1) is 0 Å². The summed E-state index contributed by atoms with van der Waals surface area (Å²) in [5.41, 5.74) is 1.41. The molecule has 0 aliphatic carbocycles. The molecule has 0 spiro atoms. The maximum absolute atomic E-state index is 11.6. The average molecular weight is 238 g/mol. The maximum Gasteiger partial charge on any atom is 0.338 e. The summed E-state index contributed by atoms with van der Waals surface area (Å²) in [7, 11) is 0. The molecule has 0 fully saturated rings. The lowest BCUT2D eigenvalue weighted by molar-refractivity contribution is 0.0482. The first kappa shape index (κ1) is 13.5. The lowest BCUT2D eigenvalue weighted by Gasteiger charge is -2.09. The van der Waals surface area contributed by atoms with Crippen LogP contribution < -0.4 is 4.74 Å². The first-order chi connectivity index (χ1) is 8.19. The van der Waals surface area contributed by atoms with Gasteiger partial charge in [0.2, 0.25) is 0 Å². The van der Waals surface area contributed by atoms with E-state index in [0.29, 0.717) is 18.6 Å². The molecule has 0 saturated heterocycles. The summed E-state index contributed by atoms with van der Waals surface area (Å²) >= 11 is 0. The Balaban J connectivity index is 2.65. The second kappa shape index (κ2) is 6.91. The van der Waals surface area contributed by atoms with Crippen LogP contribution >= 0.6 is 0 Å². The molecule has 4 heteroatoms. The van der Waals surface area contributed by atoms with Gasteiger partial charge >= 0.3 is 5.97 Å². The summed E-state index contributed by atoms with van der Waals surface area (Å²) in [5.74, 6) is 0.406. The van der Waals surface area contributed by atoms with E-state index < -0.39 is 0 Å². The normalized spacial score (nSPS) is 10.1. The van der Waals surface area contributed by atoms with Gasteiger partial charge in [0.15, 0.2) is 0 Å². The number of hydrogen-bond acceptors (Lipinski definition) is 4. The van der Waals surface area contributed by atoms with E-state index in [9.17, 15) is 4.79 Å². The minimum absolute atomic E-state index is 0.0234. The van der Waals surface area contributed by atoms with Gasteiger partial charge in [0.25, 0.3) is 0 Å². The Hall–Kier alpha value is -1.55. The molecule has 1 aromatic rings. The van der Waals surface area contributed by atoms with Crippen molar-refractivity contribution in [2.75, 3.05) is 19.8 Å². The van der Waals surface area contributed by atoms with Crippen LogP contribution in [0.1, 0.15) is 29.3 Å². The topological polar surface area (TPSA) is 55.8 Å². The van der Waals surface area contributed by atoms with Crippen LogP contribution in [0.5, 0.6) is 5.75 Å². The minimum Gasteiger partial charge on any atom is -0.494 e. The highest BCUT2D eigenvalue weighted by Gasteiger charge is 2.09. The number of carbonyl (C=O) groups is 1. The molecular weight excluding hydrogens is 220 g/mol. The highest BCUT2D eigenvalue weighted by atomic mass is 16.5. The van der Waals surface area contributed by atoms with Crippen molar-refractivity contribution >= 4 is 5.97 Å². The Morgan fingerprint density at radius 2 is 2.18 bits per heavy atom. The SMILES string of the molecule is CCOc1ccc(C(=O)OCCCO)cc1C. The van der Waals surface area contributed by atoms with Crippen molar-refractivity contribution in [3.8, 4) is 5.75 Å². The van der Waals surface area contributed by atoms with Crippen LogP contribution in [0.15, 0.2) is 18.2 Å². The van der Waals surface area contributed by atoms with E-state index in [-0.39, 0.29) is 19.2 Å². The fourth-order valence-electron chi connectivity index (χ4n) is 1.41. The van der Waals surface area contributed by atoms with Crippen LogP contribution in [0.3, 0.4) is 0 Å². The van der Waals surface area contributed by atoms with Gasteiger partial charge in [-0.3, -0.25) is 0 Å². The minimum atomic E-state index is -0.371. The van der Waals surface area contributed by atoms with E-state index in [4.69, 9.17) is 14.6 Å². The number of ether oxygens (including phenoxy) is 2. The Morgan fingerprint density at radius 1 is 1.41 bits per heavy atom. The molecule has 0 saturated carbocycles. The fourth-order valence-corrected chi connectivity index (χ4v) is 1.41. The second-order valence-electron chi connectivity index (χ2n) is 3.63. The third-order valence-corrected chi connectivity index (χ3v) is 2.25. The van der Waals surface area contributed by atoms with E-state index in [2.05, 4.69) is 0 Å². The van der Waals surface area contributed by atoms with Crippen LogP contribution in [0, 0.1) is 6.92 Å². The molecule has 1 rings (SSSR count).